The summed E-state index contributed by atoms with van der Waals surface area (Å²) >= 11 is 0. The van der Waals surface area contributed by atoms with Crippen LogP contribution in [0.15, 0.2) is 23.3 Å². The standard InChI is InChI=1S/C19H27N5O2/c1-12(2)18-20-7-10-24(18)13(3)19(26)23-8-5-15(6-9-23)16-11-17(25)22-14(4)21-16/h7,10-13,15H,5-6,8-9H2,1-4H3,(H,21,22,25)/t13-/m1/s1. The predicted octanol–water partition coefficient (Wildman–Crippen LogP) is 2.37. The van der Waals surface area contributed by atoms with E-state index in [0.29, 0.717) is 18.9 Å². The fourth-order valence-corrected chi connectivity index (χ4v) is 3.69. The van der Waals surface area contributed by atoms with Crippen molar-refractivity contribution in [1.29, 1.82) is 0 Å². The van der Waals surface area contributed by atoms with Crippen LogP contribution in [0, 0.1) is 6.92 Å². The highest BCUT2D eigenvalue weighted by molar-refractivity contribution is 5.80. The molecule has 1 amide bonds. The molecule has 0 bridgehead atoms. The van der Waals surface area contributed by atoms with Crippen molar-refractivity contribution < 1.29 is 4.79 Å². The number of nitrogens with zero attached hydrogens (tertiary/aromatic N) is 4. The average Bonchev–Trinajstić information content (AvgIpc) is 3.10. The third kappa shape index (κ3) is 3.71. The zero-order chi connectivity index (χ0) is 18.8. The van der Waals surface area contributed by atoms with Crippen molar-refractivity contribution in [3.05, 3.63) is 46.2 Å². The molecule has 0 radical (unpaired) electrons. The van der Waals surface area contributed by atoms with Crippen LogP contribution in [0.3, 0.4) is 0 Å². The summed E-state index contributed by atoms with van der Waals surface area (Å²) in [5.41, 5.74) is 0.726. The van der Waals surface area contributed by atoms with Gasteiger partial charge in [-0.1, -0.05) is 13.8 Å². The van der Waals surface area contributed by atoms with Gasteiger partial charge in [-0.25, -0.2) is 9.97 Å². The van der Waals surface area contributed by atoms with Gasteiger partial charge < -0.3 is 14.5 Å². The van der Waals surface area contributed by atoms with Gasteiger partial charge >= 0.3 is 0 Å². The van der Waals surface area contributed by atoms with Gasteiger partial charge in [-0.3, -0.25) is 9.59 Å². The second-order valence-corrected chi connectivity index (χ2v) is 7.38. The number of nitrogens with one attached hydrogen (secondary N) is 1. The molecule has 0 aliphatic carbocycles. The summed E-state index contributed by atoms with van der Waals surface area (Å²) in [5.74, 6) is 2.20. The molecule has 2 aromatic heterocycles. The lowest BCUT2D eigenvalue weighted by molar-refractivity contribution is -0.135. The van der Waals surface area contributed by atoms with E-state index in [9.17, 15) is 9.59 Å². The van der Waals surface area contributed by atoms with E-state index in [0.717, 1.165) is 24.4 Å². The van der Waals surface area contributed by atoms with Crippen molar-refractivity contribution in [2.45, 2.75) is 58.4 Å². The monoisotopic (exact) mass is 357 g/mol. The van der Waals surface area contributed by atoms with Crippen LogP contribution in [0.4, 0.5) is 0 Å². The van der Waals surface area contributed by atoms with E-state index in [2.05, 4.69) is 28.8 Å². The number of aromatic nitrogens is 4. The molecule has 0 aromatic carbocycles. The van der Waals surface area contributed by atoms with Gasteiger partial charge in [0.05, 0.1) is 5.69 Å². The van der Waals surface area contributed by atoms with Gasteiger partial charge in [-0.05, 0) is 26.7 Å². The third-order valence-corrected chi connectivity index (χ3v) is 5.09. The van der Waals surface area contributed by atoms with E-state index in [-0.39, 0.29) is 29.3 Å². The van der Waals surface area contributed by atoms with Crippen molar-refractivity contribution in [3.8, 4) is 0 Å². The number of carbonyl (C=O) groups excluding carboxylic acids is 1. The summed E-state index contributed by atoms with van der Waals surface area (Å²) in [7, 11) is 0. The quantitative estimate of drug-likeness (QED) is 0.910. The van der Waals surface area contributed by atoms with Crippen molar-refractivity contribution in [1.82, 2.24) is 24.4 Å². The van der Waals surface area contributed by atoms with E-state index >= 15 is 0 Å². The van der Waals surface area contributed by atoms with Gasteiger partial charge in [0.1, 0.15) is 17.7 Å². The van der Waals surface area contributed by atoms with Crippen molar-refractivity contribution >= 4 is 5.91 Å². The summed E-state index contributed by atoms with van der Waals surface area (Å²) < 4.78 is 1.97. The maximum atomic E-state index is 12.9. The first-order chi connectivity index (χ1) is 12.4. The summed E-state index contributed by atoms with van der Waals surface area (Å²) in [4.78, 5) is 38.0. The second kappa shape index (κ2) is 7.43. The molecule has 3 rings (SSSR count). The van der Waals surface area contributed by atoms with Gasteiger partial charge in [0.25, 0.3) is 5.56 Å². The van der Waals surface area contributed by atoms with Crippen LogP contribution in [-0.4, -0.2) is 43.4 Å². The van der Waals surface area contributed by atoms with Gasteiger partial charge in [0, 0.05) is 43.4 Å². The topological polar surface area (TPSA) is 83.9 Å². The highest BCUT2D eigenvalue weighted by atomic mass is 16.2. The van der Waals surface area contributed by atoms with Crippen LogP contribution in [0.2, 0.25) is 0 Å². The fourth-order valence-electron chi connectivity index (χ4n) is 3.69. The number of hydrogen-bond donors (Lipinski definition) is 1. The molecule has 2 aromatic rings. The molecule has 1 saturated heterocycles. The second-order valence-electron chi connectivity index (χ2n) is 7.38. The minimum atomic E-state index is -0.258. The maximum absolute atomic E-state index is 12.9. The Labute approximate surface area is 153 Å². The molecule has 1 fully saturated rings. The highest BCUT2D eigenvalue weighted by Crippen LogP contribution is 2.28. The van der Waals surface area contributed by atoms with Crippen LogP contribution in [0.1, 0.15) is 68.8 Å². The molecule has 140 valence electrons. The van der Waals surface area contributed by atoms with E-state index in [4.69, 9.17) is 0 Å². The van der Waals surface area contributed by atoms with Crippen molar-refractivity contribution in [3.63, 3.8) is 0 Å². The number of imidazole rings is 1. The average molecular weight is 357 g/mol. The highest BCUT2D eigenvalue weighted by Gasteiger charge is 2.29. The Morgan fingerprint density at radius 3 is 2.58 bits per heavy atom. The first-order valence-corrected chi connectivity index (χ1v) is 9.26. The lowest BCUT2D eigenvalue weighted by Gasteiger charge is -2.34. The van der Waals surface area contributed by atoms with E-state index in [1.165, 1.54) is 0 Å². The molecule has 26 heavy (non-hydrogen) atoms. The normalized spacial score (nSPS) is 16.9. The molecule has 1 atom stereocenters. The Morgan fingerprint density at radius 1 is 1.27 bits per heavy atom. The van der Waals surface area contributed by atoms with Crippen LogP contribution in [0.25, 0.3) is 0 Å². The Morgan fingerprint density at radius 2 is 1.96 bits per heavy atom. The number of H-pyrrole nitrogens is 1. The molecule has 7 heteroatoms. The first kappa shape index (κ1) is 18.4. The predicted molar refractivity (Wildman–Crippen MR) is 99.2 cm³/mol. The summed E-state index contributed by atoms with van der Waals surface area (Å²) in [5, 5.41) is 0. The van der Waals surface area contributed by atoms with E-state index in [1.807, 2.05) is 22.6 Å². The first-order valence-electron chi connectivity index (χ1n) is 9.26. The summed E-state index contributed by atoms with van der Waals surface area (Å²) in [6.45, 7) is 9.27. The minimum Gasteiger partial charge on any atom is -0.341 e. The molecule has 7 nitrogen and oxygen atoms in total. The molecule has 0 saturated carbocycles. The fraction of sp³-hybridized carbons (Fsp3) is 0.579. The zero-order valence-corrected chi connectivity index (χ0v) is 15.9. The van der Waals surface area contributed by atoms with Crippen LogP contribution in [0.5, 0.6) is 0 Å². The molecule has 0 unspecified atom stereocenters. The number of amides is 1. The number of aryl methyl sites for hydroxylation is 1. The van der Waals surface area contributed by atoms with Crippen LogP contribution in [-0.2, 0) is 4.79 Å². The Bertz CT molecular complexity index is 830. The number of likely N-dealkylation sites (tertiary alicyclic amines) is 1. The smallest absolute Gasteiger partial charge is 0.251 e. The maximum Gasteiger partial charge on any atom is 0.251 e. The third-order valence-electron chi connectivity index (χ3n) is 5.09. The number of piperidine rings is 1. The Kier molecular flexibility index (Phi) is 5.25. The van der Waals surface area contributed by atoms with E-state index in [1.54, 1.807) is 19.2 Å². The molecule has 1 N–H and O–H groups in total. The molecular weight excluding hydrogens is 330 g/mol. The molecule has 1 aliphatic heterocycles. The molecule has 0 spiro atoms. The Hall–Kier alpha value is -2.44. The number of aromatic amines is 1. The molecular formula is C19H27N5O2. The Balaban J connectivity index is 1.66. The van der Waals surface area contributed by atoms with Crippen LogP contribution >= 0.6 is 0 Å². The van der Waals surface area contributed by atoms with Gasteiger partial charge in [-0.2, -0.15) is 0 Å². The number of rotatable bonds is 4. The largest absolute Gasteiger partial charge is 0.341 e. The minimum absolute atomic E-state index is 0.110. The van der Waals surface area contributed by atoms with Crippen molar-refractivity contribution in [2.24, 2.45) is 0 Å². The number of carbonyl (C=O) groups is 1. The summed E-state index contributed by atoms with van der Waals surface area (Å²) in [6, 6.07) is 1.32. The van der Waals surface area contributed by atoms with Gasteiger partial charge in [0.15, 0.2) is 0 Å². The SMILES string of the molecule is Cc1nc(C2CCN(C(=O)[C@@H](C)n3ccnc3C(C)C)CC2)cc(=O)[nH]1. The molecule has 3 heterocycles. The lowest BCUT2D eigenvalue weighted by Crippen LogP contribution is -2.41. The lowest BCUT2D eigenvalue weighted by atomic mass is 9.93. The van der Waals surface area contributed by atoms with Gasteiger partial charge in [-0.15, -0.1) is 0 Å². The van der Waals surface area contributed by atoms with Crippen LogP contribution < -0.4 is 5.56 Å². The van der Waals surface area contributed by atoms with Crippen molar-refractivity contribution in [2.75, 3.05) is 13.1 Å². The summed E-state index contributed by atoms with van der Waals surface area (Å²) in [6.07, 6.45) is 5.30. The molecule has 1 aliphatic rings. The van der Waals surface area contributed by atoms with Gasteiger partial charge in [0.2, 0.25) is 5.91 Å². The zero-order valence-electron chi connectivity index (χ0n) is 15.9. The number of hydrogen-bond acceptors (Lipinski definition) is 4. The van der Waals surface area contributed by atoms with E-state index < -0.39 is 0 Å².